The lowest BCUT2D eigenvalue weighted by Gasteiger charge is -2.31. The lowest BCUT2D eigenvalue weighted by Crippen LogP contribution is -2.22. The third-order valence-corrected chi connectivity index (χ3v) is 5.32. The Morgan fingerprint density at radius 3 is 2.78 bits per heavy atom. The van der Waals surface area contributed by atoms with Crippen LogP contribution in [0.4, 0.5) is 5.69 Å². The molecular weight excluding hydrogens is 280 g/mol. The Morgan fingerprint density at radius 1 is 1.00 bits per heavy atom. The quantitative estimate of drug-likeness (QED) is 0.591. The molecule has 3 aromatic rings. The average Bonchev–Trinajstić information content (AvgIpc) is 2.88. The molecule has 23 heavy (non-hydrogen) atoms. The SMILES string of the molecule is CC1c2cccnc2-c2ccc3c(c21)-c1ccccc1N(C)C3. The van der Waals surface area contributed by atoms with Crippen LogP contribution in [-0.2, 0) is 6.54 Å². The molecule has 0 fully saturated rings. The van der Waals surface area contributed by atoms with Gasteiger partial charge in [-0.25, -0.2) is 0 Å². The summed E-state index contributed by atoms with van der Waals surface area (Å²) in [4.78, 5) is 7.00. The largest absolute Gasteiger partial charge is 0.370 e. The average molecular weight is 298 g/mol. The van der Waals surface area contributed by atoms with Gasteiger partial charge < -0.3 is 4.90 Å². The number of hydrogen-bond acceptors (Lipinski definition) is 2. The van der Waals surface area contributed by atoms with E-state index in [-0.39, 0.29) is 0 Å². The summed E-state index contributed by atoms with van der Waals surface area (Å²) in [5.41, 5.74) is 10.8. The van der Waals surface area contributed by atoms with E-state index in [1.165, 1.54) is 39.1 Å². The fourth-order valence-electron chi connectivity index (χ4n) is 4.28. The first-order chi connectivity index (χ1) is 11.3. The maximum Gasteiger partial charge on any atom is 0.0743 e. The molecule has 112 valence electrons. The Hall–Kier alpha value is -2.61. The molecule has 5 rings (SSSR count). The highest BCUT2D eigenvalue weighted by Crippen LogP contribution is 2.51. The van der Waals surface area contributed by atoms with E-state index in [2.05, 4.69) is 72.4 Å². The number of nitrogens with zero attached hydrogens (tertiary/aromatic N) is 2. The highest BCUT2D eigenvalue weighted by molar-refractivity contribution is 5.92. The summed E-state index contributed by atoms with van der Waals surface area (Å²) < 4.78 is 0. The molecule has 0 N–H and O–H groups in total. The molecule has 2 aliphatic rings. The Balaban J connectivity index is 1.86. The molecule has 1 aliphatic heterocycles. The number of fused-ring (bicyclic) bond motifs is 7. The zero-order valence-electron chi connectivity index (χ0n) is 13.4. The smallest absolute Gasteiger partial charge is 0.0743 e. The van der Waals surface area contributed by atoms with Gasteiger partial charge in [0.15, 0.2) is 0 Å². The van der Waals surface area contributed by atoms with Gasteiger partial charge in [-0.2, -0.15) is 0 Å². The van der Waals surface area contributed by atoms with Gasteiger partial charge in [0.2, 0.25) is 0 Å². The molecule has 1 atom stereocenters. The minimum absolute atomic E-state index is 0.403. The van der Waals surface area contributed by atoms with Crippen LogP contribution in [0.15, 0.2) is 54.7 Å². The number of para-hydroxylation sites is 1. The second-order valence-electron chi connectivity index (χ2n) is 6.60. The molecule has 0 bridgehead atoms. The Morgan fingerprint density at radius 2 is 1.87 bits per heavy atom. The van der Waals surface area contributed by atoms with Gasteiger partial charge in [-0.1, -0.05) is 43.3 Å². The van der Waals surface area contributed by atoms with Gasteiger partial charge in [0, 0.05) is 42.5 Å². The van der Waals surface area contributed by atoms with Crippen molar-refractivity contribution in [2.75, 3.05) is 11.9 Å². The minimum atomic E-state index is 0.403. The van der Waals surface area contributed by atoms with Crippen LogP contribution in [0, 0.1) is 0 Å². The lowest BCUT2D eigenvalue weighted by molar-refractivity contribution is 0.893. The maximum absolute atomic E-state index is 4.66. The number of benzene rings is 2. The zero-order chi connectivity index (χ0) is 15.6. The van der Waals surface area contributed by atoms with Crippen LogP contribution < -0.4 is 4.90 Å². The second-order valence-corrected chi connectivity index (χ2v) is 6.60. The van der Waals surface area contributed by atoms with Crippen molar-refractivity contribution in [1.29, 1.82) is 0 Å². The van der Waals surface area contributed by atoms with Gasteiger partial charge in [0.1, 0.15) is 0 Å². The number of anilines is 1. The van der Waals surface area contributed by atoms with E-state index in [4.69, 9.17) is 0 Å². The summed E-state index contributed by atoms with van der Waals surface area (Å²) in [6, 6.07) is 17.6. The number of hydrogen-bond donors (Lipinski definition) is 0. The Kier molecular flexibility index (Phi) is 2.49. The van der Waals surface area contributed by atoms with Crippen molar-refractivity contribution in [1.82, 2.24) is 4.98 Å². The molecule has 2 aromatic carbocycles. The van der Waals surface area contributed by atoms with Crippen molar-refractivity contribution in [3.8, 4) is 22.4 Å². The van der Waals surface area contributed by atoms with Crippen molar-refractivity contribution in [3.05, 3.63) is 71.4 Å². The van der Waals surface area contributed by atoms with E-state index in [1.807, 2.05) is 6.20 Å². The van der Waals surface area contributed by atoms with Crippen LogP contribution in [-0.4, -0.2) is 12.0 Å². The molecule has 1 aromatic heterocycles. The first-order valence-corrected chi connectivity index (χ1v) is 8.17. The standard InChI is InChI=1S/C21H18N2/c1-13-15-7-5-11-22-21(15)17-10-9-14-12-23(2)18-8-4-3-6-16(18)20(14)19(13)17/h3-11,13H,12H2,1-2H3. The first kappa shape index (κ1) is 12.9. The monoisotopic (exact) mass is 298 g/mol. The van der Waals surface area contributed by atoms with E-state index in [0.29, 0.717) is 5.92 Å². The Bertz CT molecular complexity index is 942. The van der Waals surface area contributed by atoms with Crippen LogP contribution in [0.2, 0.25) is 0 Å². The molecule has 2 heterocycles. The fraction of sp³-hybridized carbons (Fsp3) is 0.190. The molecule has 2 heteroatoms. The van der Waals surface area contributed by atoms with Crippen LogP contribution in [0.3, 0.4) is 0 Å². The summed E-state index contributed by atoms with van der Waals surface area (Å²) in [6.07, 6.45) is 1.90. The highest BCUT2D eigenvalue weighted by atomic mass is 15.1. The summed E-state index contributed by atoms with van der Waals surface area (Å²) in [6.45, 7) is 3.28. The molecule has 0 saturated carbocycles. The minimum Gasteiger partial charge on any atom is -0.370 e. The summed E-state index contributed by atoms with van der Waals surface area (Å²) >= 11 is 0. The van der Waals surface area contributed by atoms with Gasteiger partial charge >= 0.3 is 0 Å². The topological polar surface area (TPSA) is 16.1 Å². The molecule has 1 unspecified atom stereocenters. The lowest BCUT2D eigenvalue weighted by atomic mass is 9.84. The molecule has 0 spiro atoms. The van der Waals surface area contributed by atoms with E-state index in [1.54, 1.807) is 0 Å². The normalized spacial score (nSPS) is 17.3. The van der Waals surface area contributed by atoms with Crippen molar-refractivity contribution in [2.45, 2.75) is 19.4 Å². The van der Waals surface area contributed by atoms with Crippen LogP contribution >= 0.6 is 0 Å². The molecule has 0 radical (unpaired) electrons. The highest BCUT2D eigenvalue weighted by Gasteiger charge is 2.32. The zero-order valence-corrected chi connectivity index (χ0v) is 13.4. The Labute approximate surface area is 136 Å². The van der Waals surface area contributed by atoms with Gasteiger partial charge in [0.25, 0.3) is 0 Å². The number of pyridine rings is 1. The van der Waals surface area contributed by atoms with Gasteiger partial charge in [-0.05, 0) is 34.4 Å². The van der Waals surface area contributed by atoms with E-state index in [0.717, 1.165) is 12.2 Å². The summed E-state index contributed by atoms with van der Waals surface area (Å²) in [7, 11) is 2.18. The van der Waals surface area contributed by atoms with Crippen molar-refractivity contribution >= 4 is 5.69 Å². The van der Waals surface area contributed by atoms with Gasteiger partial charge in [0.05, 0.1) is 5.69 Å². The predicted octanol–water partition coefficient (Wildman–Crippen LogP) is 4.83. The first-order valence-electron chi connectivity index (χ1n) is 8.17. The molecule has 1 aliphatic carbocycles. The number of rotatable bonds is 0. The molecular formula is C21H18N2. The van der Waals surface area contributed by atoms with Crippen LogP contribution in [0.25, 0.3) is 22.4 Å². The second kappa shape index (κ2) is 4.45. The van der Waals surface area contributed by atoms with Gasteiger partial charge in [-0.3, -0.25) is 4.98 Å². The van der Waals surface area contributed by atoms with Crippen LogP contribution in [0.5, 0.6) is 0 Å². The van der Waals surface area contributed by atoms with E-state index in [9.17, 15) is 0 Å². The summed E-state index contributed by atoms with van der Waals surface area (Å²) in [5.74, 6) is 0.403. The fourth-order valence-corrected chi connectivity index (χ4v) is 4.28. The van der Waals surface area contributed by atoms with Crippen molar-refractivity contribution < 1.29 is 0 Å². The third-order valence-electron chi connectivity index (χ3n) is 5.32. The maximum atomic E-state index is 4.66. The summed E-state index contributed by atoms with van der Waals surface area (Å²) in [5, 5.41) is 0. The third kappa shape index (κ3) is 1.61. The van der Waals surface area contributed by atoms with E-state index >= 15 is 0 Å². The molecule has 0 amide bonds. The molecule has 2 nitrogen and oxygen atoms in total. The molecule has 0 saturated heterocycles. The van der Waals surface area contributed by atoms with Crippen molar-refractivity contribution in [2.24, 2.45) is 0 Å². The number of aromatic nitrogens is 1. The van der Waals surface area contributed by atoms with E-state index < -0.39 is 0 Å². The van der Waals surface area contributed by atoms with Crippen LogP contribution in [0.1, 0.15) is 29.5 Å². The van der Waals surface area contributed by atoms with Crippen molar-refractivity contribution in [3.63, 3.8) is 0 Å². The predicted molar refractivity (Wildman–Crippen MR) is 94.7 cm³/mol. The van der Waals surface area contributed by atoms with Gasteiger partial charge in [-0.15, -0.1) is 0 Å².